The summed E-state index contributed by atoms with van der Waals surface area (Å²) in [6.45, 7) is 2.84. The van der Waals surface area contributed by atoms with Crippen molar-refractivity contribution >= 4 is 17.5 Å². The van der Waals surface area contributed by atoms with Gasteiger partial charge in [-0.25, -0.2) is 0 Å². The van der Waals surface area contributed by atoms with E-state index in [2.05, 4.69) is 10.6 Å². The molecule has 0 aromatic heterocycles. The molecule has 1 atom stereocenters. The van der Waals surface area contributed by atoms with Gasteiger partial charge in [0.05, 0.1) is 6.42 Å². The second-order valence-corrected chi connectivity index (χ2v) is 5.99. The number of hydrogen-bond donors (Lipinski definition) is 2. The standard InChI is InChI=1S/C16H21N3O2/c1-19(10-11-3-2-6-17-9-11)16(21)13-5-4-12-8-15(20)18-14(12)7-13/h4-5,7,11,17H,2-3,6,8-10H2,1H3,(H,18,20). The van der Waals surface area contributed by atoms with E-state index in [0.29, 0.717) is 17.9 Å². The van der Waals surface area contributed by atoms with Gasteiger partial charge in [-0.15, -0.1) is 0 Å². The number of fused-ring (bicyclic) bond motifs is 1. The van der Waals surface area contributed by atoms with Crippen LogP contribution in [0.2, 0.25) is 0 Å². The molecule has 0 radical (unpaired) electrons. The van der Waals surface area contributed by atoms with Gasteiger partial charge in [-0.1, -0.05) is 6.07 Å². The summed E-state index contributed by atoms with van der Waals surface area (Å²) in [6, 6.07) is 5.48. The number of piperidine rings is 1. The van der Waals surface area contributed by atoms with Gasteiger partial charge in [0.2, 0.25) is 5.91 Å². The van der Waals surface area contributed by atoms with Crippen molar-refractivity contribution in [1.29, 1.82) is 0 Å². The van der Waals surface area contributed by atoms with Gasteiger partial charge in [0.25, 0.3) is 5.91 Å². The molecule has 21 heavy (non-hydrogen) atoms. The van der Waals surface area contributed by atoms with Crippen LogP contribution in [0.3, 0.4) is 0 Å². The Morgan fingerprint density at radius 2 is 2.29 bits per heavy atom. The number of benzene rings is 1. The van der Waals surface area contributed by atoms with Crippen LogP contribution in [0.25, 0.3) is 0 Å². The van der Waals surface area contributed by atoms with E-state index in [0.717, 1.165) is 30.9 Å². The lowest BCUT2D eigenvalue weighted by Gasteiger charge is -2.27. The first-order valence-corrected chi connectivity index (χ1v) is 7.52. The molecule has 0 aliphatic carbocycles. The van der Waals surface area contributed by atoms with E-state index < -0.39 is 0 Å². The molecule has 2 aliphatic rings. The van der Waals surface area contributed by atoms with Crippen LogP contribution < -0.4 is 10.6 Å². The molecule has 1 aromatic rings. The molecule has 2 amide bonds. The van der Waals surface area contributed by atoms with E-state index in [9.17, 15) is 9.59 Å². The molecule has 1 saturated heterocycles. The first-order valence-electron chi connectivity index (χ1n) is 7.52. The second-order valence-electron chi connectivity index (χ2n) is 5.99. The lowest BCUT2D eigenvalue weighted by Crippen LogP contribution is -2.39. The summed E-state index contributed by atoms with van der Waals surface area (Å²) in [5.74, 6) is 0.544. The van der Waals surface area contributed by atoms with Gasteiger partial charge in [0, 0.05) is 24.8 Å². The summed E-state index contributed by atoms with van der Waals surface area (Å²) in [7, 11) is 1.85. The van der Waals surface area contributed by atoms with Crippen molar-refractivity contribution in [3.63, 3.8) is 0 Å². The molecule has 5 heteroatoms. The Hall–Kier alpha value is -1.88. The Kier molecular flexibility index (Phi) is 3.92. The Labute approximate surface area is 124 Å². The summed E-state index contributed by atoms with van der Waals surface area (Å²) in [4.78, 5) is 25.6. The van der Waals surface area contributed by atoms with Gasteiger partial charge < -0.3 is 15.5 Å². The normalized spacial score (nSPS) is 20.8. The minimum Gasteiger partial charge on any atom is -0.341 e. The van der Waals surface area contributed by atoms with Crippen LogP contribution >= 0.6 is 0 Å². The molecule has 1 aromatic carbocycles. The minimum atomic E-state index is -0.00349. The number of hydrogen-bond acceptors (Lipinski definition) is 3. The minimum absolute atomic E-state index is 0.00349. The predicted molar refractivity (Wildman–Crippen MR) is 81.3 cm³/mol. The molecule has 0 saturated carbocycles. The molecule has 112 valence electrons. The molecular formula is C16H21N3O2. The zero-order valence-electron chi connectivity index (χ0n) is 12.3. The van der Waals surface area contributed by atoms with Crippen LogP contribution in [0.1, 0.15) is 28.8 Å². The second kappa shape index (κ2) is 5.85. The van der Waals surface area contributed by atoms with E-state index in [4.69, 9.17) is 0 Å². The summed E-state index contributed by atoms with van der Waals surface area (Å²) in [6.07, 6.45) is 2.76. The van der Waals surface area contributed by atoms with Crippen LogP contribution in [0.15, 0.2) is 18.2 Å². The summed E-state index contributed by atoms with van der Waals surface area (Å²) >= 11 is 0. The van der Waals surface area contributed by atoms with Crippen molar-refractivity contribution in [2.75, 3.05) is 32.0 Å². The summed E-state index contributed by atoms with van der Waals surface area (Å²) in [5, 5.41) is 6.17. The van der Waals surface area contributed by atoms with Gasteiger partial charge in [-0.3, -0.25) is 9.59 Å². The maximum Gasteiger partial charge on any atom is 0.253 e. The highest BCUT2D eigenvalue weighted by Gasteiger charge is 2.22. The third-order valence-electron chi connectivity index (χ3n) is 4.26. The van der Waals surface area contributed by atoms with E-state index >= 15 is 0 Å². The number of carbonyl (C=O) groups excluding carboxylic acids is 2. The smallest absolute Gasteiger partial charge is 0.253 e. The number of carbonyl (C=O) groups is 2. The first kappa shape index (κ1) is 14.1. The highest BCUT2D eigenvalue weighted by atomic mass is 16.2. The topological polar surface area (TPSA) is 61.4 Å². The van der Waals surface area contributed by atoms with Gasteiger partial charge >= 0.3 is 0 Å². The van der Waals surface area contributed by atoms with Gasteiger partial charge in [0.1, 0.15) is 0 Å². The molecule has 3 rings (SSSR count). The number of nitrogens with one attached hydrogen (secondary N) is 2. The Morgan fingerprint density at radius 1 is 1.43 bits per heavy atom. The number of rotatable bonds is 3. The van der Waals surface area contributed by atoms with Crippen LogP contribution in [0, 0.1) is 5.92 Å². The summed E-state index contributed by atoms with van der Waals surface area (Å²) < 4.78 is 0. The fourth-order valence-electron chi connectivity index (χ4n) is 3.12. The quantitative estimate of drug-likeness (QED) is 0.879. The number of anilines is 1. The van der Waals surface area contributed by atoms with Gasteiger partial charge in [-0.05, 0) is 49.5 Å². The van der Waals surface area contributed by atoms with Crippen molar-refractivity contribution in [2.45, 2.75) is 19.3 Å². The lowest BCUT2D eigenvalue weighted by molar-refractivity contribution is -0.115. The first-order chi connectivity index (χ1) is 10.1. The monoisotopic (exact) mass is 287 g/mol. The molecule has 1 unspecified atom stereocenters. The highest BCUT2D eigenvalue weighted by molar-refractivity contribution is 6.02. The molecule has 1 fully saturated rings. The Balaban J connectivity index is 1.67. The largest absolute Gasteiger partial charge is 0.341 e. The van der Waals surface area contributed by atoms with E-state index in [1.807, 2.05) is 19.2 Å². The van der Waals surface area contributed by atoms with Crippen molar-refractivity contribution in [2.24, 2.45) is 5.92 Å². The molecule has 5 nitrogen and oxygen atoms in total. The molecule has 0 spiro atoms. The highest BCUT2D eigenvalue weighted by Crippen LogP contribution is 2.24. The fraction of sp³-hybridized carbons (Fsp3) is 0.500. The number of amides is 2. The molecule has 0 bridgehead atoms. The molecular weight excluding hydrogens is 266 g/mol. The lowest BCUT2D eigenvalue weighted by atomic mass is 9.99. The molecule has 2 aliphatic heterocycles. The fourth-order valence-corrected chi connectivity index (χ4v) is 3.12. The number of nitrogens with zero attached hydrogens (tertiary/aromatic N) is 1. The maximum atomic E-state index is 12.5. The Bertz CT molecular complexity index is 565. The average Bonchev–Trinajstić information content (AvgIpc) is 2.86. The van der Waals surface area contributed by atoms with Crippen LogP contribution in [0.5, 0.6) is 0 Å². The zero-order chi connectivity index (χ0) is 14.8. The van der Waals surface area contributed by atoms with Crippen LogP contribution in [-0.2, 0) is 11.2 Å². The Morgan fingerprint density at radius 3 is 3.05 bits per heavy atom. The zero-order valence-corrected chi connectivity index (χ0v) is 12.3. The summed E-state index contributed by atoms with van der Waals surface area (Å²) in [5.41, 5.74) is 2.39. The van der Waals surface area contributed by atoms with Crippen molar-refractivity contribution in [1.82, 2.24) is 10.2 Å². The van der Waals surface area contributed by atoms with Crippen LogP contribution in [-0.4, -0.2) is 43.4 Å². The molecule has 2 heterocycles. The maximum absolute atomic E-state index is 12.5. The predicted octanol–water partition coefficient (Wildman–Crippen LogP) is 1.25. The van der Waals surface area contributed by atoms with Gasteiger partial charge in [-0.2, -0.15) is 0 Å². The molecule has 2 N–H and O–H groups in total. The van der Waals surface area contributed by atoms with Crippen molar-refractivity contribution < 1.29 is 9.59 Å². The third kappa shape index (κ3) is 3.08. The van der Waals surface area contributed by atoms with E-state index in [1.54, 1.807) is 11.0 Å². The SMILES string of the molecule is CN(CC1CCCNC1)C(=O)c1ccc2c(c1)NC(=O)C2. The van der Waals surface area contributed by atoms with E-state index in [1.165, 1.54) is 12.8 Å². The van der Waals surface area contributed by atoms with Crippen LogP contribution in [0.4, 0.5) is 5.69 Å². The van der Waals surface area contributed by atoms with Crippen molar-refractivity contribution in [3.05, 3.63) is 29.3 Å². The third-order valence-corrected chi connectivity index (χ3v) is 4.26. The van der Waals surface area contributed by atoms with Crippen molar-refractivity contribution in [3.8, 4) is 0 Å². The average molecular weight is 287 g/mol. The van der Waals surface area contributed by atoms with Gasteiger partial charge in [0.15, 0.2) is 0 Å². The van der Waals surface area contributed by atoms with E-state index in [-0.39, 0.29) is 11.8 Å².